The van der Waals surface area contributed by atoms with Gasteiger partial charge in [-0.3, -0.25) is 4.90 Å². The van der Waals surface area contributed by atoms with E-state index in [1.807, 2.05) is 18.2 Å². The average Bonchev–Trinajstić information content (AvgIpc) is 3.23. The van der Waals surface area contributed by atoms with Crippen LogP contribution >= 0.6 is 0 Å². The third-order valence-electron chi connectivity index (χ3n) is 5.80. The summed E-state index contributed by atoms with van der Waals surface area (Å²) in [7, 11) is 0. The topological polar surface area (TPSA) is 53.0 Å². The number of ether oxygens (including phenoxy) is 1. The van der Waals surface area contributed by atoms with E-state index >= 15 is 0 Å². The normalized spacial score (nSPS) is 20.6. The lowest BCUT2D eigenvalue weighted by Crippen LogP contribution is -2.39. The van der Waals surface area contributed by atoms with Crippen LogP contribution in [0, 0.1) is 0 Å². The van der Waals surface area contributed by atoms with Crippen LogP contribution < -0.4 is 0 Å². The average molecular weight is 380 g/mol. The lowest BCUT2D eigenvalue weighted by atomic mass is 9.99. The Morgan fingerprint density at radius 3 is 2.64 bits per heavy atom. The van der Waals surface area contributed by atoms with Crippen LogP contribution in [0.2, 0.25) is 0 Å². The molecule has 0 aliphatic carbocycles. The first-order valence-electron chi connectivity index (χ1n) is 10.1. The third-order valence-corrected chi connectivity index (χ3v) is 5.80. The fourth-order valence-electron chi connectivity index (χ4n) is 4.24. The molecular formula is C23H28N2O3. The predicted octanol–water partition coefficient (Wildman–Crippen LogP) is 3.03. The first-order chi connectivity index (χ1) is 13.7. The second-order valence-corrected chi connectivity index (χ2v) is 7.83. The van der Waals surface area contributed by atoms with Crippen molar-refractivity contribution < 1.29 is 14.6 Å². The summed E-state index contributed by atoms with van der Waals surface area (Å²) in [6, 6.07) is 18.7. The Kier molecular flexibility index (Phi) is 5.93. The van der Waals surface area contributed by atoms with Crippen LogP contribution in [0.15, 0.2) is 54.6 Å². The summed E-state index contributed by atoms with van der Waals surface area (Å²) >= 11 is 0. The molecule has 2 aliphatic rings. The number of fused-ring (bicyclic) bond motifs is 1. The molecule has 1 N–H and O–H groups in total. The molecular weight excluding hydrogens is 352 g/mol. The maximum atomic E-state index is 12.4. The fraction of sp³-hybridized carbons (Fsp3) is 0.435. The monoisotopic (exact) mass is 380 g/mol. The van der Waals surface area contributed by atoms with Gasteiger partial charge in [0.2, 0.25) is 0 Å². The second kappa shape index (κ2) is 8.76. The van der Waals surface area contributed by atoms with Gasteiger partial charge in [0.1, 0.15) is 12.7 Å². The minimum Gasteiger partial charge on any atom is -0.447 e. The Balaban J connectivity index is 1.21. The summed E-state index contributed by atoms with van der Waals surface area (Å²) in [5.74, 6) is 0.368. The molecule has 2 aromatic rings. The third kappa shape index (κ3) is 4.54. The van der Waals surface area contributed by atoms with Crippen molar-refractivity contribution in [2.75, 3.05) is 32.8 Å². The first-order valence-corrected chi connectivity index (χ1v) is 10.1. The van der Waals surface area contributed by atoms with Crippen molar-refractivity contribution in [1.29, 1.82) is 0 Å². The number of likely N-dealkylation sites (tertiary alicyclic amines) is 1. The van der Waals surface area contributed by atoms with Gasteiger partial charge in [-0.25, -0.2) is 4.79 Å². The smallest absolute Gasteiger partial charge is 0.409 e. The number of carbonyl (C=O) groups excluding carboxylic acids is 1. The Labute approximate surface area is 166 Å². The van der Waals surface area contributed by atoms with Gasteiger partial charge < -0.3 is 14.7 Å². The summed E-state index contributed by atoms with van der Waals surface area (Å²) < 4.78 is 5.39. The molecule has 0 radical (unpaired) electrons. The molecule has 0 saturated carbocycles. The quantitative estimate of drug-likeness (QED) is 0.866. The van der Waals surface area contributed by atoms with Gasteiger partial charge >= 0.3 is 6.09 Å². The zero-order chi connectivity index (χ0) is 19.3. The molecule has 2 aliphatic heterocycles. The largest absolute Gasteiger partial charge is 0.447 e. The number of aliphatic hydroxyl groups excluding tert-OH is 1. The molecule has 1 fully saturated rings. The van der Waals surface area contributed by atoms with E-state index in [9.17, 15) is 9.90 Å². The molecule has 5 heteroatoms. The van der Waals surface area contributed by atoms with E-state index in [0.717, 1.165) is 25.9 Å². The fourth-order valence-corrected chi connectivity index (χ4v) is 4.24. The molecule has 1 saturated heterocycles. The van der Waals surface area contributed by atoms with Crippen LogP contribution in [0.25, 0.3) is 0 Å². The van der Waals surface area contributed by atoms with Gasteiger partial charge in [-0.2, -0.15) is 0 Å². The van der Waals surface area contributed by atoms with Crippen LogP contribution in [0.3, 0.4) is 0 Å². The van der Waals surface area contributed by atoms with Crippen LogP contribution in [0.1, 0.15) is 29.0 Å². The molecule has 2 aromatic carbocycles. The van der Waals surface area contributed by atoms with E-state index in [4.69, 9.17) is 4.74 Å². The number of β-amino-alcohol motifs (C(OH)–C–C–N with tert-alkyl or cyclic N) is 1. The summed E-state index contributed by atoms with van der Waals surface area (Å²) in [6.07, 6.45) is 0.967. The molecule has 0 bridgehead atoms. The Morgan fingerprint density at radius 1 is 1.07 bits per heavy atom. The zero-order valence-electron chi connectivity index (χ0n) is 16.2. The van der Waals surface area contributed by atoms with E-state index in [2.05, 4.69) is 41.3 Å². The highest BCUT2D eigenvalue weighted by Crippen LogP contribution is 2.27. The number of rotatable bonds is 5. The number of hydrogen-bond acceptors (Lipinski definition) is 4. The molecule has 0 unspecified atom stereocenters. The Morgan fingerprint density at radius 2 is 1.82 bits per heavy atom. The number of aliphatic hydroxyl groups is 1. The van der Waals surface area contributed by atoms with Gasteiger partial charge in [-0.05, 0) is 29.5 Å². The number of amides is 1. The highest BCUT2D eigenvalue weighted by atomic mass is 16.6. The van der Waals surface area contributed by atoms with E-state index < -0.39 is 6.10 Å². The van der Waals surface area contributed by atoms with Crippen LogP contribution in [0.4, 0.5) is 4.79 Å². The SMILES string of the molecule is O=C(OC[C@H](O)CN1CCc2ccccc2C1)N1CC[C@@H](c2ccccc2)C1. The molecule has 4 rings (SSSR count). The molecule has 0 spiro atoms. The Bertz CT molecular complexity index is 795. The number of nitrogens with zero attached hydrogens (tertiary/aromatic N) is 2. The molecule has 0 aromatic heterocycles. The van der Waals surface area contributed by atoms with Gasteiger partial charge in [0.25, 0.3) is 0 Å². The van der Waals surface area contributed by atoms with Crippen molar-refractivity contribution in [3.05, 3.63) is 71.3 Å². The number of carbonyl (C=O) groups is 1. The van der Waals surface area contributed by atoms with E-state index in [1.54, 1.807) is 4.90 Å². The van der Waals surface area contributed by atoms with Crippen LogP contribution in [-0.4, -0.2) is 59.9 Å². The van der Waals surface area contributed by atoms with Crippen LogP contribution in [-0.2, 0) is 17.7 Å². The number of hydrogen-bond donors (Lipinski definition) is 1. The highest BCUT2D eigenvalue weighted by Gasteiger charge is 2.28. The van der Waals surface area contributed by atoms with Crippen molar-refractivity contribution in [3.8, 4) is 0 Å². The summed E-state index contributed by atoms with van der Waals surface area (Å²) in [6.45, 7) is 3.72. The molecule has 1 amide bonds. The summed E-state index contributed by atoms with van der Waals surface area (Å²) in [4.78, 5) is 16.3. The van der Waals surface area contributed by atoms with Gasteiger partial charge in [0.15, 0.2) is 0 Å². The van der Waals surface area contributed by atoms with Gasteiger partial charge in [-0.15, -0.1) is 0 Å². The van der Waals surface area contributed by atoms with E-state index in [1.165, 1.54) is 16.7 Å². The predicted molar refractivity (Wildman–Crippen MR) is 108 cm³/mol. The number of benzene rings is 2. The molecule has 148 valence electrons. The maximum Gasteiger partial charge on any atom is 0.409 e. The standard InChI is InChI=1S/C23H28N2O3/c26-22(16-24-12-10-19-8-4-5-9-20(19)14-24)17-28-23(27)25-13-11-21(15-25)18-6-2-1-3-7-18/h1-9,21-22,26H,10-17H2/t21-,22-/m1/s1. The molecule has 2 atom stereocenters. The Hall–Kier alpha value is -2.37. The van der Waals surface area contributed by atoms with Crippen LogP contribution in [0.5, 0.6) is 0 Å². The van der Waals surface area contributed by atoms with Gasteiger partial charge in [0.05, 0.1) is 0 Å². The zero-order valence-corrected chi connectivity index (χ0v) is 16.2. The molecule has 28 heavy (non-hydrogen) atoms. The van der Waals surface area contributed by atoms with Gasteiger partial charge in [0, 0.05) is 38.6 Å². The summed E-state index contributed by atoms with van der Waals surface area (Å²) in [5, 5.41) is 10.3. The highest BCUT2D eigenvalue weighted by molar-refractivity contribution is 5.68. The van der Waals surface area contributed by atoms with Crippen molar-refractivity contribution in [3.63, 3.8) is 0 Å². The van der Waals surface area contributed by atoms with Gasteiger partial charge in [-0.1, -0.05) is 54.6 Å². The minimum atomic E-state index is -0.665. The van der Waals surface area contributed by atoms with E-state index in [-0.39, 0.29) is 12.7 Å². The molecule has 5 nitrogen and oxygen atoms in total. The molecule has 2 heterocycles. The minimum absolute atomic E-state index is 0.0451. The lowest BCUT2D eigenvalue weighted by molar-refractivity contribution is 0.0295. The maximum absolute atomic E-state index is 12.4. The van der Waals surface area contributed by atoms with Crippen molar-refractivity contribution in [2.45, 2.75) is 31.4 Å². The first kappa shape index (κ1) is 19.0. The summed E-state index contributed by atoms with van der Waals surface area (Å²) in [5.41, 5.74) is 3.98. The second-order valence-electron chi connectivity index (χ2n) is 7.83. The van der Waals surface area contributed by atoms with E-state index in [0.29, 0.717) is 25.6 Å². The van der Waals surface area contributed by atoms with Crippen molar-refractivity contribution >= 4 is 6.09 Å². The lowest BCUT2D eigenvalue weighted by Gasteiger charge is -2.30. The van der Waals surface area contributed by atoms with Crippen molar-refractivity contribution in [2.24, 2.45) is 0 Å². The van der Waals surface area contributed by atoms with Crippen molar-refractivity contribution in [1.82, 2.24) is 9.80 Å².